The van der Waals surface area contributed by atoms with Gasteiger partial charge in [0.15, 0.2) is 0 Å². The predicted molar refractivity (Wildman–Crippen MR) is 84.7 cm³/mol. The Kier molecular flexibility index (Phi) is 4.19. The van der Waals surface area contributed by atoms with Gasteiger partial charge in [-0.25, -0.2) is 9.78 Å². The SMILES string of the molecule is CNC(=O)c1csc2c(C(F)(F)F)cc(N3CC(OC(N)=O)C3)nc12. The van der Waals surface area contributed by atoms with Crippen LogP contribution in [-0.4, -0.2) is 43.2 Å². The van der Waals surface area contributed by atoms with Gasteiger partial charge in [-0.15, -0.1) is 11.3 Å². The molecule has 3 N–H and O–H groups in total. The van der Waals surface area contributed by atoms with Crippen molar-refractivity contribution in [3.05, 3.63) is 22.6 Å². The molecular weight excluding hydrogens is 361 g/mol. The molecule has 2 aromatic heterocycles. The molecule has 0 saturated carbocycles. The molecule has 2 aromatic rings. The minimum Gasteiger partial charge on any atom is -0.443 e. The molecule has 25 heavy (non-hydrogen) atoms. The lowest BCUT2D eigenvalue weighted by atomic mass is 10.1. The Hall–Kier alpha value is -2.56. The standard InChI is InChI=1S/C14H13F3N4O3S/c1-19-12(22)7-5-25-11-8(14(15,16)17)2-9(20-10(7)11)21-3-6(4-21)24-13(18)23/h2,5-6H,3-4H2,1H3,(H2,18,23)(H,19,22). The minimum absolute atomic E-state index is 0.00607. The number of carbonyl (C=O) groups is 2. The van der Waals surface area contributed by atoms with Crippen molar-refractivity contribution in [1.82, 2.24) is 10.3 Å². The average Bonchev–Trinajstić information content (AvgIpc) is 2.91. The number of nitrogens with zero attached hydrogens (tertiary/aromatic N) is 2. The van der Waals surface area contributed by atoms with E-state index in [-0.39, 0.29) is 34.7 Å². The van der Waals surface area contributed by atoms with Crippen LogP contribution in [0, 0.1) is 0 Å². The van der Waals surface area contributed by atoms with Crippen LogP contribution in [0.4, 0.5) is 23.8 Å². The van der Waals surface area contributed by atoms with Crippen molar-refractivity contribution in [3.63, 3.8) is 0 Å². The summed E-state index contributed by atoms with van der Waals surface area (Å²) in [6.45, 7) is 0.358. The molecule has 0 bridgehead atoms. The van der Waals surface area contributed by atoms with Crippen molar-refractivity contribution in [2.75, 3.05) is 25.0 Å². The highest BCUT2D eigenvalue weighted by atomic mass is 32.1. The molecule has 2 amide bonds. The van der Waals surface area contributed by atoms with Crippen LogP contribution in [-0.2, 0) is 10.9 Å². The van der Waals surface area contributed by atoms with E-state index in [4.69, 9.17) is 10.5 Å². The third-order valence-corrected chi connectivity index (χ3v) is 4.74. The van der Waals surface area contributed by atoms with E-state index in [0.717, 1.165) is 17.4 Å². The van der Waals surface area contributed by atoms with Gasteiger partial charge in [-0.1, -0.05) is 0 Å². The molecule has 11 heteroatoms. The third-order valence-electron chi connectivity index (χ3n) is 3.74. The fourth-order valence-electron chi connectivity index (χ4n) is 2.53. The molecule has 1 aliphatic heterocycles. The van der Waals surface area contributed by atoms with Crippen LogP contribution in [0.2, 0.25) is 0 Å². The number of nitrogens with two attached hydrogens (primary N) is 1. The molecule has 134 valence electrons. The highest BCUT2D eigenvalue weighted by Crippen LogP contribution is 2.40. The molecule has 0 aliphatic carbocycles. The number of hydrogen-bond acceptors (Lipinski definition) is 6. The summed E-state index contributed by atoms with van der Waals surface area (Å²) in [6.07, 6.45) is -6.02. The van der Waals surface area contributed by atoms with Gasteiger partial charge in [0.2, 0.25) is 0 Å². The Balaban J connectivity index is 2.02. The number of rotatable bonds is 3. The number of amides is 2. The maximum atomic E-state index is 13.4. The predicted octanol–water partition coefficient (Wildman–Crippen LogP) is 1.96. The number of aromatic nitrogens is 1. The lowest BCUT2D eigenvalue weighted by Gasteiger charge is -2.39. The summed E-state index contributed by atoms with van der Waals surface area (Å²) < 4.78 is 44.9. The monoisotopic (exact) mass is 374 g/mol. The second-order valence-corrected chi connectivity index (χ2v) is 6.28. The first-order valence-corrected chi connectivity index (χ1v) is 8.01. The van der Waals surface area contributed by atoms with Crippen molar-refractivity contribution >= 4 is 39.4 Å². The molecule has 1 aliphatic rings. The first-order chi connectivity index (χ1) is 11.7. The zero-order valence-corrected chi connectivity index (χ0v) is 13.7. The van der Waals surface area contributed by atoms with Crippen LogP contribution in [0.5, 0.6) is 0 Å². The zero-order chi connectivity index (χ0) is 18.4. The van der Waals surface area contributed by atoms with Gasteiger partial charge in [-0.2, -0.15) is 13.2 Å². The van der Waals surface area contributed by atoms with Crippen LogP contribution in [0.15, 0.2) is 11.4 Å². The topological polar surface area (TPSA) is 97.5 Å². The number of anilines is 1. The summed E-state index contributed by atoms with van der Waals surface area (Å²) in [4.78, 5) is 28.3. The van der Waals surface area contributed by atoms with E-state index in [1.165, 1.54) is 17.3 Å². The van der Waals surface area contributed by atoms with E-state index in [0.29, 0.717) is 0 Å². The second kappa shape index (κ2) is 6.06. The van der Waals surface area contributed by atoms with Gasteiger partial charge in [0.25, 0.3) is 5.91 Å². The number of primary amides is 1. The summed E-state index contributed by atoms with van der Waals surface area (Å²) in [7, 11) is 1.39. The number of hydrogen-bond donors (Lipinski definition) is 2. The van der Waals surface area contributed by atoms with Gasteiger partial charge < -0.3 is 20.7 Å². The maximum absolute atomic E-state index is 13.4. The third kappa shape index (κ3) is 3.18. The Morgan fingerprint density at radius 1 is 1.44 bits per heavy atom. The summed E-state index contributed by atoms with van der Waals surface area (Å²) >= 11 is 0.818. The van der Waals surface area contributed by atoms with Gasteiger partial charge >= 0.3 is 12.3 Å². The molecule has 0 atom stereocenters. The van der Waals surface area contributed by atoms with Crippen LogP contribution in [0.3, 0.4) is 0 Å². The van der Waals surface area contributed by atoms with Crippen molar-refractivity contribution < 1.29 is 27.5 Å². The first kappa shape index (κ1) is 17.3. The van der Waals surface area contributed by atoms with Gasteiger partial charge in [-0.05, 0) is 6.07 Å². The average molecular weight is 374 g/mol. The molecule has 3 rings (SSSR count). The number of fused-ring (bicyclic) bond motifs is 1. The molecule has 0 aromatic carbocycles. The van der Waals surface area contributed by atoms with E-state index < -0.39 is 29.8 Å². The van der Waals surface area contributed by atoms with Gasteiger partial charge in [0.05, 0.1) is 34.4 Å². The highest BCUT2D eigenvalue weighted by Gasteiger charge is 2.37. The van der Waals surface area contributed by atoms with Crippen LogP contribution < -0.4 is 16.0 Å². The van der Waals surface area contributed by atoms with Crippen LogP contribution in [0.25, 0.3) is 10.2 Å². The van der Waals surface area contributed by atoms with E-state index in [1.807, 2.05) is 0 Å². The minimum atomic E-state index is -4.59. The first-order valence-electron chi connectivity index (χ1n) is 7.13. The van der Waals surface area contributed by atoms with E-state index in [9.17, 15) is 22.8 Å². The quantitative estimate of drug-likeness (QED) is 0.856. The van der Waals surface area contributed by atoms with Gasteiger partial charge in [-0.3, -0.25) is 4.79 Å². The Labute approximate surface area is 143 Å². The second-order valence-electron chi connectivity index (χ2n) is 5.40. The largest absolute Gasteiger partial charge is 0.443 e. The molecule has 0 spiro atoms. The van der Waals surface area contributed by atoms with Crippen molar-refractivity contribution in [2.24, 2.45) is 5.73 Å². The number of alkyl halides is 3. The van der Waals surface area contributed by atoms with Crippen LogP contribution >= 0.6 is 11.3 Å². The smallest absolute Gasteiger partial charge is 0.417 e. The number of nitrogens with one attached hydrogen (secondary N) is 1. The lowest BCUT2D eigenvalue weighted by molar-refractivity contribution is -0.136. The van der Waals surface area contributed by atoms with E-state index in [1.54, 1.807) is 0 Å². The van der Waals surface area contributed by atoms with E-state index in [2.05, 4.69) is 10.3 Å². The van der Waals surface area contributed by atoms with Gasteiger partial charge in [0.1, 0.15) is 11.9 Å². The Morgan fingerprint density at radius 2 is 2.12 bits per heavy atom. The Morgan fingerprint density at radius 3 is 2.68 bits per heavy atom. The van der Waals surface area contributed by atoms with Gasteiger partial charge in [0, 0.05) is 12.4 Å². The van der Waals surface area contributed by atoms with Crippen LogP contribution in [0.1, 0.15) is 15.9 Å². The number of halogens is 3. The number of ether oxygens (including phenoxy) is 1. The summed E-state index contributed by atoms with van der Waals surface area (Å²) in [5, 5.41) is 3.74. The molecular formula is C14H13F3N4O3S. The van der Waals surface area contributed by atoms with E-state index >= 15 is 0 Å². The number of pyridine rings is 1. The molecule has 1 saturated heterocycles. The molecule has 3 heterocycles. The number of carbonyl (C=O) groups excluding carboxylic acids is 2. The summed E-state index contributed by atoms with van der Waals surface area (Å²) in [5.41, 5.74) is 4.13. The fourth-order valence-corrected chi connectivity index (χ4v) is 3.55. The highest BCUT2D eigenvalue weighted by molar-refractivity contribution is 7.17. The fraction of sp³-hybridized carbons (Fsp3) is 0.357. The zero-order valence-electron chi connectivity index (χ0n) is 12.9. The maximum Gasteiger partial charge on any atom is 0.417 e. The Bertz CT molecular complexity index is 846. The van der Waals surface area contributed by atoms with Crippen molar-refractivity contribution in [2.45, 2.75) is 12.3 Å². The summed E-state index contributed by atoms with van der Waals surface area (Å²) in [5.74, 6) is -0.449. The molecule has 0 unspecified atom stereocenters. The summed E-state index contributed by atoms with van der Waals surface area (Å²) in [6, 6.07) is 0.937. The normalized spacial score (nSPS) is 15.1. The molecule has 7 nitrogen and oxygen atoms in total. The van der Waals surface area contributed by atoms with Crippen molar-refractivity contribution in [3.8, 4) is 0 Å². The van der Waals surface area contributed by atoms with Crippen molar-refractivity contribution in [1.29, 1.82) is 0 Å². The molecule has 1 fully saturated rings. The number of thiophene rings is 1. The lowest BCUT2D eigenvalue weighted by Crippen LogP contribution is -2.54. The molecule has 0 radical (unpaired) electrons.